The summed E-state index contributed by atoms with van der Waals surface area (Å²) in [6.45, 7) is 9.45. The number of benzene rings is 1. The van der Waals surface area contributed by atoms with Gasteiger partial charge in [0.25, 0.3) is 0 Å². The van der Waals surface area contributed by atoms with E-state index in [1.54, 1.807) is 17.8 Å². The van der Waals surface area contributed by atoms with E-state index in [4.69, 9.17) is 32.9 Å². The van der Waals surface area contributed by atoms with Crippen LogP contribution < -0.4 is 0 Å². The first-order chi connectivity index (χ1) is 15.7. The SMILES string of the molecule is C=C(OCCc1nc(C(C)C)c(Sc2cc(Cl)cc(Cl)c2)n1C)C12CC3CC(CC(C3)C1)C2. The molecule has 4 fully saturated rings. The first kappa shape index (κ1) is 23.6. The molecule has 3 nitrogen and oxygen atoms in total. The zero-order valence-electron chi connectivity index (χ0n) is 19.9. The van der Waals surface area contributed by atoms with Gasteiger partial charge < -0.3 is 9.30 Å². The molecular formula is C27H34Cl2N2OS. The maximum absolute atomic E-state index is 6.36. The van der Waals surface area contributed by atoms with Gasteiger partial charge in [-0.05, 0) is 80.4 Å². The molecule has 4 saturated carbocycles. The zero-order valence-corrected chi connectivity index (χ0v) is 22.2. The van der Waals surface area contributed by atoms with Crippen molar-refractivity contribution in [2.24, 2.45) is 30.2 Å². The van der Waals surface area contributed by atoms with Gasteiger partial charge in [-0.2, -0.15) is 0 Å². The van der Waals surface area contributed by atoms with Crippen LogP contribution in [0.1, 0.15) is 69.8 Å². The Bertz CT molecular complexity index is 1010. The third-order valence-corrected chi connectivity index (χ3v) is 9.57. The summed E-state index contributed by atoms with van der Waals surface area (Å²) >= 11 is 14.1. The molecule has 4 aliphatic rings. The van der Waals surface area contributed by atoms with Gasteiger partial charge in [0.15, 0.2) is 0 Å². The molecule has 0 saturated heterocycles. The van der Waals surface area contributed by atoms with E-state index >= 15 is 0 Å². The lowest BCUT2D eigenvalue weighted by atomic mass is 9.49. The van der Waals surface area contributed by atoms with Crippen LogP contribution in [-0.2, 0) is 18.2 Å². The summed E-state index contributed by atoms with van der Waals surface area (Å²) in [7, 11) is 2.09. The van der Waals surface area contributed by atoms with Crippen LogP contribution in [-0.4, -0.2) is 16.2 Å². The highest BCUT2D eigenvalue weighted by Gasteiger charge is 2.52. The summed E-state index contributed by atoms with van der Waals surface area (Å²) in [5.41, 5.74) is 1.35. The highest BCUT2D eigenvalue weighted by Crippen LogP contribution is 2.62. The molecule has 6 rings (SSSR count). The van der Waals surface area contributed by atoms with Crippen molar-refractivity contribution in [3.8, 4) is 0 Å². The number of nitrogens with zero attached hydrogens (tertiary/aromatic N) is 2. The molecule has 0 spiro atoms. The van der Waals surface area contributed by atoms with E-state index in [0.717, 1.165) is 51.4 Å². The number of hydrogen-bond donors (Lipinski definition) is 0. The monoisotopic (exact) mass is 504 g/mol. The molecule has 1 aromatic carbocycles. The van der Waals surface area contributed by atoms with Gasteiger partial charge in [-0.3, -0.25) is 0 Å². The molecule has 0 radical (unpaired) electrons. The van der Waals surface area contributed by atoms with E-state index in [-0.39, 0.29) is 5.41 Å². The molecule has 0 amide bonds. The fraction of sp³-hybridized carbons (Fsp3) is 0.593. The molecule has 6 heteroatoms. The van der Waals surface area contributed by atoms with Crippen molar-refractivity contribution in [3.05, 3.63) is 52.1 Å². The van der Waals surface area contributed by atoms with E-state index < -0.39 is 0 Å². The Labute approximate surface area is 212 Å². The van der Waals surface area contributed by atoms with Crippen LogP contribution in [0.3, 0.4) is 0 Å². The number of halogens is 2. The standard InChI is InChI=1S/C27H34Cl2N2OS/c1-16(2)25-26(33-23-11-21(28)10-22(29)12-23)31(4)24(30-25)5-6-32-17(3)27-13-18-7-19(14-27)9-20(8-18)15-27/h10-12,16,18-20H,3,5-9,13-15H2,1-2,4H3. The Balaban J connectivity index is 1.27. The summed E-state index contributed by atoms with van der Waals surface area (Å²) in [4.78, 5) is 6.03. The van der Waals surface area contributed by atoms with Gasteiger partial charge in [0.1, 0.15) is 10.9 Å². The third kappa shape index (κ3) is 4.73. The van der Waals surface area contributed by atoms with Crippen molar-refractivity contribution in [2.75, 3.05) is 6.61 Å². The van der Waals surface area contributed by atoms with E-state index in [9.17, 15) is 0 Å². The van der Waals surface area contributed by atoms with Crippen molar-refractivity contribution in [1.29, 1.82) is 0 Å². The van der Waals surface area contributed by atoms with Crippen LogP contribution in [0.15, 0.2) is 40.5 Å². The Kier molecular flexibility index (Phi) is 6.56. The number of allylic oxidation sites excluding steroid dienone is 1. The quantitative estimate of drug-likeness (QED) is 0.338. The Morgan fingerprint density at radius 2 is 1.70 bits per heavy atom. The van der Waals surface area contributed by atoms with Gasteiger partial charge >= 0.3 is 0 Å². The average Bonchev–Trinajstić information content (AvgIpc) is 3.02. The van der Waals surface area contributed by atoms with Crippen LogP contribution in [0.5, 0.6) is 0 Å². The first-order valence-electron chi connectivity index (χ1n) is 12.2. The molecule has 33 heavy (non-hydrogen) atoms. The molecule has 0 atom stereocenters. The van der Waals surface area contributed by atoms with Crippen LogP contribution in [0, 0.1) is 23.2 Å². The highest BCUT2D eigenvalue weighted by molar-refractivity contribution is 7.99. The van der Waals surface area contributed by atoms with Crippen molar-refractivity contribution in [3.63, 3.8) is 0 Å². The molecule has 0 N–H and O–H groups in total. The molecule has 0 unspecified atom stereocenters. The number of ether oxygens (including phenoxy) is 1. The molecular weight excluding hydrogens is 471 g/mol. The number of imidazole rings is 1. The number of aromatic nitrogens is 2. The lowest BCUT2D eigenvalue weighted by molar-refractivity contribution is -0.0600. The normalized spacial score (nSPS) is 28.0. The van der Waals surface area contributed by atoms with Gasteiger partial charge in [0.05, 0.1) is 18.1 Å². The van der Waals surface area contributed by atoms with E-state index in [2.05, 4.69) is 32.0 Å². The predicted octanol–water partition coefficient (Wildman–Crippen LogP) is 8.29. The summed E-state index contributed by atoms with van der Waals surface area (Å²) in [5, 5.41) is 2.43. The van der Waals surface area contributed by atoms with Crippen molar-refractivity contribution >= 4 is 35.0 Å². The maximum atomic E-state index is 6.36. The fourth-order valence-corrected chi connectivity index (χ4v) is 8.72. The average molecular weight is 506 g/mol. The molecule has 0 aliphatic heterocycles. The van der Waals surface area contributed by atoms with Gasteiger partial charge in [-0.1, -0.05) is 55.4 Å². The molecule has 1 aromatic heterocycles. The summed E-state index contributed by atoms with van der Waals surface area (Å²) in [6, 6.07) is 5.67. The molecule has 2 aromatic rings. The topological polar surface area (TPSA) is 27.1 Å². The Hall–Kier alpha value is -1.10. The minimum atomic E-state index is 0.242. The predicted molar refractivity (Wildman–Crippen MR) is 137 cm³/mol. The van der Waals surface area contributed by atoms with Crippen molar-refractivity contribution in [2.45, 2.75) is 74.6 Å². The van der Waals surface area contributed by atoms with Crippen LogP contribution >= 0.6 is 35.0 Å². The van der Waals surface area contributed by atoms with Crippen molar-refractivity contribution < 1.29 is 4.74 Å². The zero-order chi connectivity index (χ0) is 23.3. The molecule has 4 bridgehead atoms. The number of hydrogen-bond acceptors (Lipinski definition) is 3. The van der Waals surface area contributed by atoms with Gasteiger partial charge in [-0.25, -0.2) is 4.98 Å². The fourth-order valence-electron chi connectivity index (χ4n) is 6.84. The second-order valence-corrected chi connectivity index (χ2v) is 12.8. The lowest BCUT2D eigenvalue weighted by Gasteiger charge is -2.56. The van der Waals surface area contributed by atoms with Gasteiger partial charge in [-0.15, -0.1) is 0 Å². The van der Waals surface area contributed by atoms with E-state index in [1.807, 2.05) is 12.1 Å². The Morgan fingerprint density at radius 3 is 2.24 bits per heavy atom. The van der Waals surface area contributed by atoms with E-state index in [0.29, 0.717) is 22.6 Å². The van der Waals surface area contributed by atoms with Crippen LogP contribution in [0.4, 0.5) is 0 Å². The summed E-state index contributed by atoms with van der Waals surface area (Å²) in [6.07, 6.45) is 8.98. The van der Waals surface area contributed by atoms with Gasteiger partial charge in [0.2, 0.25) is 0 Å². The summed E-state index contributed by atoms with van der Waals surface area (Å²) < 4.78 is 8.56. The highest BCUT2D eigenvalue weighted by atomic mass is 35.5. The molecule has 178 valence electrons. The summed E-state index contributed by atoms with van der Waals surface area (Å²) in [5.74, 6) is 5.12. The lowest BCUT2D eigenvalue weighted by Crippen LogP contribution is -2.47. The first-order valence-corrected chi connectivity index (χ1v) is 13.8. The van der Waals surface area contributed by atoms with Crippen LogP contribution in [0.25, 0.3) is 0 Å². The second kappa shape index (κ2) is 9.17. The maximum Gasteiger partial charge on any atom is 0.113 e. The Morgan fingerprint density at radius 1 is 1.12 bits per heavy atom. The van der Waals surface area contributed by atoms with Crippen molar-refractivity contribution in [1.82, 2.24) is 9.55 Å². The molecule has 4 aliphatic carbocycles. The minimum Gasteiger partial charge on any atom is -0.497 e. The third-order valence-electron chi connectivity index (χ3n) is 7.99. The number of rotatable bonds is 8. The smallest absolute Gasteiger partial charge is 0.113 e. The largest absolute Gasteiger partial charge is 0.497 e. The second-order valence-electron chi connectivity index (χ2n) is 10.9. The van der Waals surface area contributed by atoms with Gasteiger partial charge in [0, 0.05) is 33.8 Å². The minimum absolute atomic E-state index is 0.242. The van der Waals surface area contributed by atoms with E-state index in [1.165, 1.54) is 38.5 Å². The van der Waals surface area contributed by atoms with Crippen LogP contribution in [0.2, 0.25) is 10.0 Å². The molecule has 1 heterocycles.